The summed E-state index contributed by atoms with van der Waals surface area (Å²) in [7, 11) is 0. The van der Waals surface area contributed by atoms with Crippen molar-refractivity contribution in [2.24, 2.45) is 0 Å². The molecule has 6 nitrogen and oxygen atoms in total. The number of carbonyl (C=O) groups is 1. The van der Waals surface area contributed by atoms with E-state index in [4.69, 9.17) is 4.74 Å². The van der Waals surface area contributed by atoms with Crippen molar-refractivity contribution < 1.29 is 9.53 Å². The minimum atomic E-state index is 0.0952. The van der Waals surface area contributed by atoms with Gasteiger partial charge >= 0.3 is 0 Å². The number of rotatable bonds is 4. The lowest BCUT2D eigenvalue weighted by Gasteiger charge is -2.43. The van der Waals surface area contributed by atoms with Gasteiger partial charge in [0.25, 0.3) is 5.91 Å². The predicted molar refractivity (Wildman–Crippen MR) is 90.5 cm³/mol. The van der Waals surface area contributed by atoms with Gasteiger partial charge in [-0.1, -0.05) is 0 Å². The summed E-state index contributed by atoms with van der Waals surface area (Å²) in [5.41, 5.74) is 3.78. The first-order valence-corrected chi connectivity index (χ1v) is 8.37. The van der Waals surface area contributed by atoms with Gasteiger partial charge in [0.1, 0.15) is 0 Å². The second-order valence-electron chi connectivity index (χ2n) is 6.69. The van der Waals surface area contributed by atoms with Gasteiger partial charge in [0.15, 0.2) is 0 Å². The number of aromatic nitrogens is 2. The third-order valence-corrected chi connectivity index (χ3v) is 4.65. The van der Waals surface area contributed by atoms with Crippen molar-refractivity contribution in [3.8, 4) is 5.69 Å². The second-order valence-corrected chi connectivity index (χ2v) is 6.69. The zero-order valence-electron chi connectivity index (χ0n) is 14.0. The average molecular weight is 326 g/mol. The van der Waals surface area contributed by atoms with Gasteiger partial charge in [0, 0.05) is 30.4 Å². The van der Waals surface area contributed by atoms with Gasteiger partial charge in [0.05, 0.1) is 30.6 Å². The highest BCUT2D eigenvalue weighted by molar-refractivity contribution is 5.95. The molecule has 0 saturated carbocycles. The van der Waals surface area contributed by atoms with E-state index in [1.807, 2.05) is 53.8 Å². The summed E-state index contributed by atoms with van der Waals surface area (Å²) in [6.45, 7) is 7.13. The first-order chi connectivity index (χ1) is 11.6. The Balaban J connectivity index is 1.38. The van der Waals surface area contributed by atoms with Gasteiger partial charge in [-0.05, 0) is 44.2 Å². The topological polar surface area (TPSA) is 59.4 Å². The average Bonchev–Trinajstić information content (AvgIpc) is 2.82. The number of amides is 1. The maximum absolute atomic E-state index is 12.5. The van der Waals surface area contributed by atoms with E-state index >= 15 is 0 Å². The van der Waals surface area contributed by atoms with Crippen molar-refractivity contribution in [1.82, 2.24) is 20.0 Å². The van der Waals surface area contributed by atoms with Crippen LogP contribution in [0.4, 0.5) is 0 Å². The number of hydrogen-bond acceptors (Lipinski definition) is 4. The molecule has 2 saturated heterocycles. The highest BCUT2D eigenvalue weighted by atomic mass is 16.5. The molecular formula is C18H22N4O2. The van der Waals surface area contributed by atoms with Crippen molar-refractivity contribution in [3.63, 3.8) is 0 Å². The van der Waals surface area contributed by atoms with Crippen LogP contribution in [0.5, 0.6) is 0 Å². The number of ether oxygens (including phenoxy) is 1. The standard InChI is InChI=1S/C18H22N4O2/c1-12-7-13(2)22(20-12)17-5-3-14(4-6-17)18(23)21-8-15(9-21)19-16-10-24-11-16/h3-7,15-16,19H,8-11H2,1-2H3. The maximum atomic E-state index is 12.5. The van der Waals surface area contributed by atoms with Crippen molar-refractivity contribution in [2.45, 2.75) is 25.9 Å². The van der Waals surface area contributed by atoms with Crippen LogP contribution in [0.1, 0.15) is 21.7 Å². The summed E-state index contributed by atoms with van der Waals surface area (Å²) >= 11 is 0. The molecule has 0 bridgehead atoms. The molecule has 1 aromatic carbocycles. The molecule has 2 fully saturated rings. The lowest BCUT2D eigenvalue weighted by molar-refractivity contribution is -0.0209. The lowest BCUT2D eigenvalue weighted by atomic mass is 10.0. The Labute approximate surface area is 141 Å². The fourth-order valence-corrected chi connectivity index (χ4v) is 3.23. The second kappa shape index (κ2) is 6.03. The highest BCUT2D eigenvalue weighted by Crippen LogP contribution is 2.18. The van der Waals surface area contributed by atoms with E-state index in [-0.39, 0.29) is 5.91 Å². The summed E-state index contributed by atoms with van der Waals surface area (Å²) < 4.78 is 7.05. The highest BCUT2D eigenvalue weighted by Gasteiger charge is 2.33. The number of nitrogens with one attached hydrogen (secondary N) is 1. The Morgan fingerprint density at radius 1 is 1.17 bits per heavy atom. The Morgan fingerprint density at radius 2 is 1.88 bits per heavy atom. The van der Waals surface area contributed by atoms with Crippen LogP contribution in [0.3, 0.4) is 0 Å². The minimum Gasteiger partial charge on any atom is -0.378 e. The van der Waals surface area contributed by atoms with Gasteiger partial charge in [-0.15, -0.1) is 0 Å². The quantitative estimate of drug-likeness (QED) is 0.920. The first-order valence-electron chi connectivity index (χ1n) is 8.37. The van der Waals surface area contributed by atoms with Crippen LogP contribution in [0, 0.1) is 13.8 Å². The van der Waals surface area contributed by atoms with Crippen LogP contribution < -0.4 is 5.32 Å². The van der Waals surface area contributed by atoms with Gasteiger partial charge in [-0.3, -0.25) is 4.79 Å². The van der Waals surface area contributed by atoms with Crippen LogP contribution >= 0.6 is 0 Å². The van der Waals surface area contributed by atoms with Crippen molar-refractivity contribution in [1.29, 1.82) is 0 Å². The summed E-state index contributed by atoms with van der Waals surface area (Å²) in [4.78, 5) is 14.4. The largest absolute Gasteiger partial charge is 0.378 e. The molecule has 1 amide bonds. The van der Waals surface area contributed by atoms with E-state index in [0.717, 1.165) is 48.9 Å². The number of likely N-dealkylation sites (tertiary alicyclic amines) is 1. The molecule has 0 atom stereocenters. The van der Waals surface area contributed by atoms with Crippen LogP contribution in [-0.4, -0.2) is 59.0 Å². The monoisotopic (exact) mass is 326 g/mol. The Bertz CT molecular complexity index is 743. The molecule has 0 aliphatic carbocycles. The molecule has 24 heavy (non-hydrogen) atoms. The lowest BCUT2D eigenvalue weighted by Crippen LogP contribution is -2.64. The van der Waals surface area contributed by atoms with E-state index in [9.17, 15) is 4.79 Å². The van der Waals surface area contributed by atoms with Crippen molar-refractivity contribution >= 4 is 5.91 Å². The molecule has 1 N–H and O–H groups in total. The van der Waals surface area contributed by atoms with E-state index in [0.29, 0.717) is 12.1 Å². The summed E-state index contributed by atoms with van der Waals surface area (Å²) in [6.07, 6.45) is 0. The zero-order valence-corrected chi connectivity index (χ0v) is 14.0. The van der Waals surface area contributed by atoms with E-state index in [1.165, 1.54) is 0 Å². The predicted octanol–water partition coefficient (Wildman–Crippen LogP) is 1.30. The summed E-state index contributed by atoms with van der Waals surface area (Å²) in [5.74, 6) is 0.0952. The van der Waals surface area contributed by atoms with E-state index in [1.54, 1.807) is 0 Å². The number of benzene rings is 1. The van der Waals surface area contributed by atoms with Gasteiger partial charge < -0.3 is 15.0 Å². The number of nitrogens with zero attached hydrogens (tertiary/aromatic N) is 3. The van der Waals surface area contributed by atoms with E-state index in [2.05, 4.69) is 10.4 Å². The molecule has 0 radical (unpaired) electrons. The van der Waals surface area contributed by atoms with Crippen LogP contribution in [-0.2, 0) is 4.74 Å². The third kappa shape index (κ3) is 2.83. The molecule has 0 spiro atoms. The fourth-order valence-electron chi connectivity index (χ4n) is 3.23. The molecule has 2 aliphatic rings. The van der Waals surface area contributed by atoms with E-state index < -0.39 is 0 Å². The molecule has 126 valence electrons. The summed E-state index contributed by atoms with van der Waals surface area (Å²) in [5, 5.41) is 7.97. The normalized spacial score (nSPS) is 18.3. The molecule has 2 aromatic rings. The first kappa shape index (κ1) is 15.4. The number of hydrogen-bond donors (Lipinski definition) is 1. The summed E-state index contributed by atoms with van der Waals surface area (Å²) in [6, 6.07) is 10.6. The van der Waals surface area contributed by atoms with Gasteiger partial charge in [-0.25, -0.2) is 4.68 Å². The molecule has 6 heteroatoms. The van der Waals surface area contributed by atoms with Crippen LogP contribution in [0.2, 0.25) is 0 Å². The Hall–Kier alpha value is -2.18. The molecule has 3 heterocycles. The van der Waals surface area contributed by atoms with Crippen LogP contribution in [0.15, 0.2) is 30.3 Å². The van der Waals surface area contributed by atoms with Crippen molar-refractivity contribution in [3.05, 3.63) is 47.3 Å². The minimum absolute atomic E-state index is 0.0952. The zero-order chi connectivity index (χ0) is 16.7. The Morgan fingerprint density at radius 3 is 2.42 bits per heavy atom. The third-order valence-electron chi connectivity index (χ3n) is 4.65. The molecular weight excluding hydrogens is 304 g/mol. The molecule has 0 unspecified atom stereocenters. The number of aryl methyl sites for hydroxylation is 2. The number of carbonyl (C=O) groups excluding carboxylic acids is 1. The fraction of sp³-hybridized carbons (Fsp3) is 0.444. The SMILES string of the molecule is Cc1cc(C)n(-c2ccc(C(=O)N3CC(NC4COC4)C3)cc2)n1. The molecule has 1 aromatic heterocycles. The Kier molecular flexibility index (Phi) is 3.86. The maximum Gasteiger partial charge on any atom is 0.253 e. The smallest absolute Gasteiger partial charge is 0.253 e. The molecule has 2 aliphatic heterocycles. The van der Waals surface area contributed by atoms with Crippen LogP contribution in [0.25, 0.3) is 5.69 Å². The molecule has 4 rings (SSSR count). The van der Waals surface area contributed by atoms with Gasteiger partial charge in [-0.2, -0.15) is 5.10 Å². The van der Waals surface area contributed by atoms with Gasteiger partial charge in [0.2, 0.25) is 0 Å². The van der Waals surface area contributed by atoms with Crippen molar-refractivity contribution in [2.75, 3.05) is 26.3 Å².